The fourth-order valence-electron chi connectivity index (χ4n) is 2.06. The molecule has 1 fully saturated rings. The number of amides is 3. The molecule has 0 aromatic carbocycles. The number of nitrogens with two attached hydrogens (primary N) is 1. The summed E-state index contributed by atoms with van der Waals surface area (Å²) >= 11 is 0. The number of carbonyl (C=O) groups is 2. The molecule has 2 unspecified atom stereocenters. The normalized spacial score (nSPS) is 23.0. The summed E-state index contributed by atoms with van der Waals surface area (Å²) in [6.07, 6.45) is 1.08. The van der Waals surface area contributed by atoms with Crippen molar-refractivity contribution in [3.63, 3.8) is 0 Å². The second-order valence-electron chi connectivity index (χ2n) is 4.24. The number of hydrogen-bond donors (Lipinski definition) is 3. The molecule has 0 radical (unpaired) electrons. The van der Waals surface area contributed by atoms with Gasteiger partial charge in [0, 0.05) is 6.54 Å². The molecule has 4 N–H and O–H groups in total. The van der Waals surface area contributed by atoms with Crippen molar-refractivity contribution in [3.05, 3.63) is 0 Å². The first-order chi connectivity index (χ1) is 7.54. The maximum Gasteiger partial charge on any atom is 0.318 e. The Morgan fingerprint density at radius 3 is 2.81 bits per heavy atom. The van der Waals surface area contributed by atoms with Crippen LogP contribution in [0.1, 0.15) is 13.3 Å². The third-order valence-electron chi connectivity index (χ3n) is 2.98. The third kappa shape index (κ3) is 3.46. The molecule has 1 aliphatic heterocycles. The van der Waals surface area contributed by atoms with Gasteiger partial charge < -0.3 is 11.1 Å². The highest BCUT2D eigenvalue weighted by Gasteiger charge is 2.29. The second kappa shape index (κ2) is 5.81. The molecule has 1 rings (SSSR count). The highest BCUT2D eigenvalue weighted by molar-refractivity contribution is 5.96. The van der Waals surface area contributed by atoms with Gasteiger partial charge in [-0.15, -0.1) is 0 Å². The van der Waals surface area contributed by atoms with Gasteiger partial charge in [0.15, 0.2) is 0 Å². The molecule has 0 aliphatic carbocycles. The number of nitrogens with one attached hydrogen (secondary N) is 2. The van der Waals surface area contributed by atoms with Crippen molar-refractivity contribution in [2.45, 2.75) is 19.4 Å². The van der Waals surface area contributed by atoms with Crippen molar-refractivity contribution in [1.29, 1.82) is 0 Å². The number of hydrogen-bond acceptors (Lipinski definition) is 4. The fraction of sp³-hybridized carbons (Fsp3) is 0.800. The number of nitrogens with zero attached hydrogens (tertiary/aromatic N) is 1. The summed E-state index contributed by atoms with van der Waals surface area (Å²) in [6, 6.07) is -1.09. The van der Waals surface area contributed by atoms with E-state index in [-0.39, 0.29) is 11.9 Å². The molecule has 0 aromatic rings. The minimum atomic E-state index is -0.789. The van der Waals surface area contributed by atoms with Gasteiger partial charge in [-0.3, -0.25) is 15.0 Å². The number of likely N-dealkylation sites (tertiary alicyclic amines) is 1. The van der Waals surface area contributed by atoms with E-state index < -0.39 is 6.03 Å². The van der Waals surface area contributed by atoms with Crippen LogP contribution in [-0.4, -0.2) is 49.6 Å². The lowest BCUT2D eigenvalue weighted by molar-refractivity contribution is -0.124. The number of urea groups is 1. The zero-order valence-corrected chi connectivity index (χ0v) is 9.82. The zero-order valence-electron chi connectivity index (χ0n) is 9.82. The van der Waals surface area contributed by atoms with Crippen molar-refractivity contribution >= 4 is 11.9 Å². The lowest BCUT2D eigenvalue weighted by atomic mass is 10.1. The summed E-state index contributed by atoms with van der Waals surface area (Å²) in [7, 11) is 1.92. The first kappa shape index (κ1) is 12.9. The van der Waals surface area contributed by atoms with Gasteiger partial charge in [0.25, 0.3) is 0 Å². The summed E-state index contributed by atoms with van der Waals surface area (Å²) in [4.78, 5) is 24.2. The SMILES string of the molecule is CNCC1CCN(C(C)C(=O)NC(N)=O)C1. The average molecular weight is 228 g/mol. The van der Waals surface area contributed by atoms with Gasteiger partial charge in [-0.25, -0.2) is 4.79 Å². The third-order valence-corrected chi connectivity index (χ3v) is 2.98. The van der Waals surface area contributed by atoms with Crippen LogP contribution in [0.25, 0.3) is 0 Å². The number of imide groups is 1. The topological polar surface area (TPSA) is 87.5 Å². The number of rotatable bonds is 4. The minimum Gasteiger partial charge on any atom is -0.351 e. The smallest absolute Gasteiger partial charge is 0.318 e. The van der Waals surface area contributed by atoms with E-state index >= 15 is 0 Å². The van der Waals surface area contributed by atoms with Crippen LogP contribution in [0.3, 0.4) is 0 Å². The second-order valence-corrected chi connectivity index (χ2v) is 4.24. The van der Waals surface area contributed by atoms with Crippen molar-refractivity contribution in [1.82, 2.24) is 15.5 Å². The van der Waals surface area contributed by atoms with Crippen LogP contribution >= 0.6 is 0 Å². The largest absolute Gasteiger partial charge is 0.351 e. The van der Waals surface area contributed by atoms with Gasteiger partial charge in [0.05, 0.1) is 6.04 Å². The molecule has 1 heterocycles. The van der Waals surface area contributed by atoms with Crippen molar-refractivity contribution < 1.29 is 9.59 Å². The molecule has 92 valence electrons. The molecular formula is C10H20N4O2. The molecule has 16 heavy (non-hydrogen) atoms. The minimum absolute atomic E-state index is 0.297. The van der Waals surface area contributed by atoms with Crippen LogP contribution in [-0.2, 0) is 4.79 Å². The molecule has 0 bridgehead atoms. The summed E-state index contributed by atoms with van der Waals surface area (Å²) in [5.74, 6) is 0.256. The zero-order chi connectivity index (χ0) is 12.1. The van der Waals surface area contributed by atoms with Crippen LogP contribution in [0.2, 0.25) is 0 Å². The monoisotopic (exact) mass is 228 g/mol. The van der Waals surface area contributed by atoms with Crippen molar-refractivity contribution in [2.24, 2.45) is 11.7 Å². The predicted molar refractivity (Wildman–Crippen MR) is 60.8 cm³/mol. The van der Waals surface area contributed by atoms with E-state index in [1.54, 1.807) is 6.92 Å². The Balaban J connectivity index is 2.40. The summed E-state index contributed by atoms with van der Waals surface area (Å²) < 4.78 is 0. The highest BCUT2D eigenvalue weighted by atomic mass is 16.2. The van der Waals surface area contributed by atoms with Crippen LogP contribution in [0.15, 0.2) is 0 Å². The molecular weight excluding hydrogens is 208 g/mol. The van der Waals surface area contributed by atoms with Crippen LogP contribution in [0, 0.1) is 5.92 Å². The standard InChI is InChI=1S/C10H20N4O2/c1-7(9(15)13-10(11)16)14-4-3-8(6-14)5-12-2/h7-8,12H,3-6H2,1-2H3,(H3,11,13,15,16). The molecule has 1 aliphatic rings. The lowest BCUT2D eigenvalue weighted by Gasteiger charge is -2.22. The van der Waals surface area contributed by atoms with Crippen LogP contribution < -0.4 is 16.4 Å². The van der Waals surface area contributed by atoms with Gasteiger partial charge in [0.2, 0.25) is 5.91 Å². The summed E-state index contributed by atoms with van der Waals surface area (Å²) in [5, 5.41) is 5.24. The summed E-state index contributed by atoms with van der Waals surface area (Å²) in [6.45, 7) is 4.52. The van der Waals surface area contributed by atoms with Crippen LogP contribution in [0.5, 0.6) is 0 Å². The van der Waals surface area contributed by atoms with E-state index in [0.29, 0.717) is 5.92 Å². The summed E-state index contributed by atoms with van der Waals surface area (Å²) in [5.41, 5.74) is 4.91. The molecule has 1 saturated heterocycles. The van der Waals surface area contributed by atoms with Gasteiger partial charge in [-0.1, -0.05) is 0 Å². The Bertz CT molecular complexity index is 270. The van der Waals surface area contributed by atoms with Crippen molar-refractivity contribution in [2.75, 3.05) is 26.7 Å². The van der Waals surface area contributed by atoms with Gasteiger partial charge in [0.1, 0.15) is 0 Å². The van der Waals surface area contributed by atoms with E-state index in [1.165, 1.54) is 0 Å². The quantitative estimate of drug-likeness (QED) is 0.582. The maximum absolute atomic E-state index is 11.5. The van der Waals surface area contributed by atoms with E-state index in [2.05, 4.69) is 15.5 Å². The molecule has 6 nitrogen and oxygen atoms in total. The lowest BCUT2D eigenvalue weighted by Crippen LogP contribution is -2.47. The molecule has 0 spiro atoms. The van der Waals surface area contributed by atoms with E-state index in [0.717, 1.165) is 26.1 Å². The Hall–Kier alpha value is -1.14. The maximum atomic E-state index is 11.5. The molecule has 0 saturated carbocycles. The Kier molecular flexibility index (Phi) is 4.70. The average Bonchev–Trinajstić information content (AvgIpc) is 2.64. The van der Waals surface area contributed by atoms with Crippen LogP contribution in [0.4, 0.5) is 4.79 Å². The molecule has 0 aromatic heterocycles. The number of primary amides is 1. The van der Waals surface area contributed by atoms with E-state index in [4.69, 9.17) is 5.73 Å². The van der Waals surface area contributed by atoms with Crippen molar-refractivity contribution in [3.8, 4) is 0 Å². The molecule has 2 atom stereocenters. The van der Waals surface area contributed by atoms with Gasteiger partial charge >= 0.3 is 6.03 Å². The first-order valence-corrected chi connectivity index (χ1v) is 5.53. The molecule has 3 amide bonds. The first-order valence-electron chi connectivity index (χ1n) is 5.53. The fourth-order valence-corrected chi connectivity index (χ4v) is 2.06. The van der Waals surface area contributed by atoms with Gasteiger partial charge in [-0.2, -0.15) is 0 Å². The van der Waals surface area contributed by atoms with E-state index in [1.807, 2.05) is 7.05 Å². The highest BCUT2D eigenvalue weighted by Crippen LogP contribution is 2.17. The van der Waals surface area contributed by atoms with Gasteiger partial charge in [-0.05, 0) is 39.4 Å². The Morgan fingerprint density at radius 1 is 1.56 bits per heavy atom. The molecule has 6 heteroatoms. The Morgan fingerprint density at radius 2 is 2.25 bits per heavy atom. The number of carbonyl (C=O) groups excluding carboxylic acids is 2. The Labute approximate surface area is 95.5 Å². The predicted octanol–water partition coefficient (Wildman–Crippen LogP) is -0.889. The van der Waals surface area contributed by atoms with E-state index in [9.17, 15) is 9.59 Å².